The number of esters is 3. The van der Waals surface area contributed by atoms with E-state index in [4.69, 9.17) is 45.0 Å². The third kappa shape index (κ3) is 15.3. The molecule has 0 spiro atoms. The number of rotatable bonds is 18. The molecule has 1 saturated heterocycles. The van der Waals surface area contributed by atoms with Gasteiger partial charge in [0.25, 0.3) is 17.7 Å². The van der Waals surface area contributed by atoms with E-state index < -0.39 is 103 Å². The number of hydrogen-bond donors (Lipinski definition) is 3. The van der Waals surface area contributed by atoms with Gasteiger partial charge in [-0.2, -0.15) is 0 Å². The summed E-state index contributed by atoms with van der Waals surface area (Å²) in [6.45, 7) is 20.1. The highest BCUT2D eigenvalue weighted by atomic mass is 35.5. The molecule has 4 heterocycles. The fraction of sp³-hybridized carbons (Fsp3) is 0.511. The first-order valence-electron chi connectivity index (χ1n) is 22.5. The molecule has 0 aliphatic carbocycles. The number of thiazole rings is 2. The molecule has 3 aromatic rings. The molecular formula is C47H59ClN8O15S3. The molecule has 3 atom stereocenters. The van der Waals surface area contributed by atoms with Crippen LogP contribution < -0.4 is 20.7 Å². The van der Waals surface area contributed by atoms with Crippen molar-refractivity contribution < 1.29 is 71.1 Å². The third-order valence-electron chi connectivity index (χ3n) is 9.64. The van der Waals surface area contributed by atoms with Crippen molar-refractivity contribution in [3.63, 3.8) is 0 Å². The number of anilines is 2. The summed E-state index contributed by atoms with van der Waals surface area (Å²) < 4.78 is 40.7. The normalized spacial score (nSPS) is 17.5. The monoisotopic (exact) mass is 1110 g/mol. The van der Waals surface area contributed by atoms with Crippen LogP contribution in [0.25, 0.3) is 0 Å². The van der Waals surface area contributed by atoms with Gasteiger partial charge in [0.2, 0.25) is 11.2 Å². The minimum Gasteiger partial charge on any atom is -0.497 e. The third-order valence-corrected chi connectivity index (χ3v) is 13.1. The number of fused-ring (bicyclic) bond motifs is 1. The molecule has 27 heteroatoms. The molecule has 1 unspecified atom stereocenters. The van der Waals surface area contributed by atoms with Crippen LogP contribution in [0.4, 0.5) is 15.1 Å². The van der Waals surface area contributed by atoms with Gasteiger partial charge in [-0.3, -0.25) is 34.1 Å². The lowest BCUT2D eigenvalue weighted by atomic mass is 10.0. The molecule has 3 N–H and O–H groups in total. The highest BCUT2D eigenvalue weighted by Gasteiger charge is 2.57. The van der Waals surface area contributed by atoms with Crippen LogP contribution in [-0.4, -0.2) is 130 Å². The van der Waals surface area contributed by atoms with Crippen LogP contribution in [0.1, 0.15) is 107 Å². The topological polar surface area (TPSA) is 291 Å². The van der Waals surface area contributed by atoms with Crippen LogP contribution in [-0.2, 0) is 74.8 Å². The zero-order valence-corrected chi connectivity index (χ0v) is 46.4. The summed E-state index contributed by atoms with van der Waals surface area (Å²) in [5.74, 6) is -5.39. The summed E-state index contributed by atoms with van der Waals surface area (Å²) in [7, 11) is -0.381. The second kappa shape index (κ2) is 22.9. The van der Waals surface area contributed by atoms with Crippen LogP contribution in [0.3, 0.4) is 0 Å². The summed E-state index contributed by atoms with van der Waals surface area (Å²) in [4.78, 5) is 116. The molecule has 1 aromatic carbocycles. The molecule has 402 valence electrons. The number of halogens is 1. The number of benzene rings is 1. The Morgan fingerprint density at radius 2 is 1.23 bits per heavy atom. The second-order valence-electron chi connectivity index (χ2n) is 20.3. The molecule has 0 radical (unpaired) electrons. The van der Waals surface area contributed by atoms with E-state index in [1.807, 2.05) is 0 Å². The van der Waals surface area contributed by atoms with Gasteiger partial charge in [-0.15, -0.1) is 34.3 Å². The fourth-order valence-electron chi connectivity index (χ4n) is 6.13. The number of ether oxygens (including phenoxy) is 5. The summed E-state index contributed by atoms with van der Waals surface area (Å²) in [6.07, 6.45) is -0.826. The molecule has 0 bridgehead atoms. The molecular weight excluding hydrogens is 1050 g/mol. The molecule has 74 heavy (non-hydrogen) atoms. The van der Waals surface area contributed by atoms with E-state index in [1.54, 1.807) is 86.6 Å². The van der Waals surface area contributed by atoms with Gasteiger partial charge in [0.1, 0.15) is 57.7 Å². The smallest absolute Gasteiger partial charge is 0.413 e. The molecule has 1 fully saturated rings. The number of alkyl halides is 1. The zero-order valence-electron chi connectivity index (χ0n) is 43.2. The number of methoxy groups -OCH3 is 1. The van der Waals surface area contributed by atoms with E-state index in [0.29, 0.717) is 11.3 Å². The Bertz CT molecular complexity index is 2780. The van der Waals surface area contributed by atoms with E-state index in [2.05, 4.69) is 36.2 Å². The van der Waals surface area contributed by atoms with Gasteiger partial charge in [-0.1, -0.05) is 22.4 Å². The van der Waals surface area contributed by atoms with Crippen molar-refractivity contribution >= 4 is 108 Å². The van der Waals surface area contributed by atoms with Crippen LogP contribution in [0.15, 0.2) is 56.6 Å². The van der Waals surface area contributed by atoms with Crippen molar-refractivity contribution in [2.45, 2.75) is 136 Å². The van der Waals surface area contributed by atoms with E-state index >= 15 is 0 Å². The van der Waals surface area contributed by atoms with E-state index in [0.717, 1.165) is 27.6 Å². The van der Waals surface area contributed by atoms with Crippen molar-refractivity contribution in [2.75, 3.05) is 29.4 Å². The Balaban J connectivity index is 1.44. The second-order valence-corrected chi connectivity index (χ2v) is 23.8. The van der Waals surface area contributed by atoms with E-state index in [9.17, 15) is 37.8 Å². The Labute approximate surface area is 442 Å². The van der Waals surface area contributed by atoms with Crippen LogP contribution >= 0.6 is 34.3 Å². The molecule has 2 aromatic heterocycles. The minimum absolute atomic E-state index is 0.0142. The summed E-state index contributed by atoms with van der Waals surface area (Å²) in [5.41, 5.74) is -7.11. The van der Waals surface area contributed by atoms with Gasteiger partial charge in [0, 0.05) is 16.6 Å². The molecule has 5 rings (SSSR count). The van der Waals surface area contributed by atoms with Crippen molar-refractivity contribution in [2.24, 2.45) is 10.3 Å². The van der Waals surface area contributed by atoms with Crippen molar-refractivity contribution in [3.05, 3.63) is 63.2 Å². The van der Waals surface area contributed by atoms with Gasteiger partial charge < -0.3 is 38.7 Å². The maximum atomic E-state index is 14.3. The summed E-state index contributed by atoms with van der Waals surface area (Å²) >= 11 is 7.91. The SMILES string of the molecule is COc1ccc(COC(=O)C2=C(CCl)CS(=O)[C@@H]3[C@H](NC(=O)/C(=N\OC(C)(C)C(=O)OC(C)(C)C)c4csc(NC(=O)/C(=N\OC(C)(C)C(=O)OC(C)(C)C)c5csc(NC(=O)OC(C)(C)C)n5)n4)C(=O)N23)cc1. The number of nitrogens with zero attached hydrogens (tertiary/aromatic N) is 5. The number of amides is 4. The first-order valence-corrected chi connectivity index (χ1v) is 26.2. The number of hydrogen-bond acceptors (Lipinski definition) is 21. The van der Waals surface area contributed by atoms with Gasteiger partial charge >= 0.3 is 24.0 Å². The maximum Gasteiger partial charge on any atom is 0.413 e. The predicted octanol–water partition coefficient (Wildman–Crippen LogP) is 5.93. The van der Waals surface area contributed by atoms with Crippen molar-refractivity contribution in [3.8, 4) is 5.75 Å². The number of nitrogens with one attached hydrogen (secondary N) is 3. The average Bonchev–Trinajstić information content (AvgIpc) is 3.94. The Kier molecular flexibility index (Phi) is 18.1. The minimum atomic E-state index is -1.89. The van der Waals surface area contributed by atoms with Crippen molar-refractivity contribution in [1.82, 2.24) is 20.2 Å². The molecule has 2 aliphatic rings. The predicted molar refractivity (Wildman–Crippen MR) is 274 cm³/mol. The Morgan fingerprint density at radius 3 is 1.70 bits per heavy atom. The number of β-lactam (4-membered cyclic amide) rings is 1. The largest absolute Gasteiger partial charge is 0.497 e. The lowest BCUT2D eigenvalue weighted by Crippen LogP contribution is -2.74. The molecule has 0 saturated carbocycles. The number of carbonyl (C=O) groups excluding carboxylic acids is 7. The van der Waals surface area contributed by atoms with Gasteiger partial charge in [0.05, 0.1) is 23.7 Å². The van der Waals surface area contributed by atoms with E-state index in [-0.39, 0.29) is 51.2 Å². The maximum absolute atomic E-state index is 14.3. The zero-order chi connectivity index (χ0) is 55.3. The Morgan fingerprint density at radius 1 is 0.743 bits per heavy atom. The van der Waals surface area contributed by atoms with Crippen molar-refractivity contribution in [1.29, 1.82) is 0 Å². The summed E-state index contributed by atoms with van der Waals surface area (Å²) in [6, 6.07) is 5.24. The van der Waals surface area contributed by atoms with Crippen LogP contribution in [0.2, 0.25) is 0 Å². The first kappa shape index (κ1) is 58.4. The number of carbonyl (C=O) groups is 7. The number of oxime groups is 2. The highest BCUT2D eigenvalue weighted by Crippen LogP contribution is 2.36. The van der Waals surface area contributed by atoms with Gasteiger partial charge in [-0.25, -0.2) is 29.1 Å². The molecule has 2 aliphatic heterocycles. The van der Waals surface area contributed by atoms with Crippen LogP contribution in [0.5, 0.6) is 5.75 Å². The lowest BCUT2D eigenvalue weighted by Gasteiger charge is -2.49. The van der Waals surface area contributed by atoms with Gasteiger partial charge in [-0.05, 0) is 113 Å². The fourth-order valence-corrected chi connectivity index (χ4v) is 9.51. The quantitative estimate of drug-likeness (QED) is 0.0332. The average molecular weight is 1110 g/mol. The number of aromatic nitrogens is 2. The standard InChI is InChI=1S/C47H59ClN8O15S3/c1-43(2,3)67-38(61)46(10,11)70-54-29(33(57)51-31-35(59)56-32(25(19-48)23-74(64)36(31)56)37(60)66-20-24-15-17-26(65-14)18-16-24)27-21-72-40(49-27)52-34(58)30(55-71-47(12,13)39(62)68-44(4,5)6)28-22-73-41(50-28)53-42(63)69-45(7,8)9/h15-18,21-22,31,36H,19-20,23H2,1-14H3,(H,51,57)(H,49,52,58)(H,50,53,63)/b54-29-,55-30-/t31-,36-,74?/m1/s1. The lowest BCUT2D eigenvalue weighted by molar-refractivity contribution is -0.180. The van der Waals surface area contributed by atoms with Crippen LogP contribution in [0, 0.1) is 0 Å². The highest BCUT2D eigenvalue weighted by molar-refractivity contribution is 7.86. The first-order chi connectivity index (χ1) is 34.2. The molecule has 4 amide bonds. The summed E-state index contributed by atoms with van der Waals surface area (Å²) in [5, 5.41) is 16.8. The van der Waals surface area contributed by atoms with E-state index in [1.165, 1.54) is 45.6 Å². The molecule has 23 nitrogen and oxygen atoms in total. The van der Waals surface area contributed by atoms with Gasteiger partial charge in [0.15, 0.2) is 21.7 Å². The Hall–Kier alpha value is -6.51.